The Morgan fingerprint density at radius 1 is 1.24 bits per heavy atom. The molecule has 0 radical (unpaired) electrons. The van der Waals surface area contributed by atoms with Crippen molar-refractivity contribution in [2.45, 2.75) is 33.6 Å². The van der Waals surface area contributed by atoms with Crippen LogP contribution in [0.15, 0.2) is 12.1 Å². The second-order valence-corrected chi connectivity index (χ2v) is 4.01. The number of esters is 1. The van der Waals surface area contributed by atoms with E-state index in [4.69, 9.17) is 14.2 Å². The highest BCUT2D eigenvalue weighted by Crippen LogP contribution is 2.19. The Bertz CT molecular complexity index is 479. The van der Waals surface area contributed by atoms with Crippen LogP contribution in [0, 0.1) is 10.1 Å². The van der Waals surface area contributed by atoms with Crippen molar-refractivity contribution >= 4 is 11.8 Å². The summed E-state index contributed by atoms with van der Waals surface area (Å²) in [5.41, 5.74) is 0.105. The van der Waals surface area contributed by atoms with Gasteiger partial charge in [0, 0.05) is 25.3 Å². The van der Waals surface area contributed by atoms with Crippen LogP contribution >= 0.6 is 0 Å². The third-order valence-corrected chi connectivity index (χ3v) is 2.67. The van der Waals surface area contributed by atoms with E-state index in [1.54, 1.807) is 20.8 Å². The number of ether oxygens (including phenoxy) is 3. The predicted molar refractivity (Wildman–Crippen MR) is 74.1 cm³/mol. The summed E-state index contributed by atoms with van der Waals surface area (Å²) in [7, 11) is 0. The summed E-state index contributed by atoms with van der Waals surface area (Å²) in [6, 6.07) is 2.63. The molecule has 0 fully saturated rings. The van der Waals surface area contributed by atoms with Crippen molar-refractivity contribution in [3.63, 3.8) is 0 Å². The second-order valence-electron chi connectivity index (χ2n) is 4.01. The van der Waals surface area contributed by atoms with Crippen LogP contribution in [0.1, 0.15) is 31.3 Å². The molecular weight excluding hydrogens is 280 g/mol. The van der Waals surface area contributed by atoms with Crippen molar-refractivity contribution in [3.05, 3.63) is 27.9 Å². The Labute approximate surface area is 122 Å². The molecule has 0 aromatic carbocycles. The molecule has 0 saturated carbocycles. The molecule has 0 amide bonds. The zero-order valence-electron chi connectivity index (χ0n) is 12.4. The van der Waals surface area contributed by atoms with Gasteiger partial charge in [-0.25, -0.2) is 9.36 Å². The fourth-order valence-corrected chi connectivity index (χ4v) is 1.87. The van der Waals surface area contributed by atoms with E-state index < -0.39 is 17.2 Å². The van der Waals surface area contributed by atoms with E-state index in [0.717, 1.165) is 0 Å². The third-order valence-electron chi connectivity index (χ3n) is 2.67. The number of carbonyl (C=O) groups excluding carboxylic acids is 1. The molecule has 0 aliphatic rings. The molecule has 0 aliphatic heterocycles. The third kappa shape index (κ3) is 4.54. The minimum atomic E-state index is -0.667. The SMILES string of the molecule is CCOC(=O)c1ccc([N+](=O)[O-])n1CC(OCC)OCC. The van der Waals surface area contributed by atoms with E-state index >= 15 is 0 Å². The predicted octanol–water partition coefficient (Wildman–Crippen LogP) is 1.97. The fraction of sp³-hybridized carbons (Fsp3) is 0.615. The lowest BCUT2D eigenvalue weighted by Gasteiger charge is -2.16. The van der Waals surface area contributed by atoms with Gasteiger partial charge in [0.05, 0.1) is 6.61 Å². The Hall–Kier alpha value is -1.93. The largest absolute Gasteiger partial charge is 0.460 e. The normalized spacial score (nSPS) is 10.9. The Morgan fingerprint density at radius 2 is 1.86 bits per heavy atom. The number of rotatable bonds is 9. The molecule has 0 N–H and O–H groups in total. The summed E-state index contributed by atoms with van der Waals surface area (Å²) in [5, 5.41) is 11.1. The van der Waals surface area contributed by atoms with Gasteiger partial charge < -0.3 is 24.3 Å². The maximum absolute atomic E-state index is 11.9. The van der Waals surface area contributed by atoms with Crippen LogP contribution in [-0.2, 0) is 20.8 Å². The first-order valence-corrected chi connectivity index (χ1v) is 6.79. The molecule has 118 valence electrons. The van der Waals surface area contributed by atoms with Crippen LogP contribution in [0.5, 0.6) is 0 Å². The van der Waals surface area contributed by atoms with Crippen molar-refractivity contribution in [3.8, 4) is 0 Å². The van der Waals surface area contributed by atoms with Crippen LogP contribution in [0.4, 0.5) is 5.82 Å². The van der Waals surface area contributed by atoms with Crippen LogP contribution < -0.4 is 0 Å². The number of hydrogen-bond donors (Lipinski definition) is 0. The average molecular weight is 300 g/mol. The minimum Gasteiger partial charge on any atom is -0.460 e. The number of aromatic nitrogens is 1. The van der Waals surface area contributed by atoms with E-state index in [9.17, 15) is 14.9 Å². The van der Waals surface area contributed by atoms with Gasteiger partial charge in [-0.1, -0.05) is 0 Å². The maximum Gasteiger partial charge on any atom is 0.378 e. The van der Waals surface area contributed by atoms with E-state index in [2.05, 4.69) is 0 Å². The minimum absolute atomic E-state index is 0.0408. The summed E-state index contributed by atoms with van der Waals surface area (Å²) in [6.07, 6.45) is -0.667. The zero-order chi connectivity index (χ0) is 15.8. The molecule has 0 bridgehead atoms. The fourth-order valence-electron chi connectivity index (χ4n) is 1.87. The number of carbonyl (C=O) groups is 1. The molecule has 8 heteroatoms. The zero-order valence-corrected chi connectivity index (χ0v) is 12.4. The van der Waals surface area contributed by atoms with Crippen molar-refractivity contribution in [1.82, 2.24) is 4.57 Å². The molecule has 0 spiro atoms. The van der Waals surface area contributed by atoms with E-state index in [1.807, 2.05) is 0 Å². The van der Waals surface area contributed by atoms with Crippen LogP contribution in [0.2, 0.25) is 0 Å². The molecule has 1 heterocycles. The molecule has 0 saturated heterocycles. The Balaban J connectivity index is 3.07. The lowest BCUT2D eigenvalue weighted by Crippen LogP contribution is -2.26. The van der Waals surface area contributed by atoms with Gasteiger partial charge in [0.2, 0.25) is 5.69 Å². The van der Waals surface area contributed by atoms with Gasteiger partial charge in [-0.05, 0) is 25.7 Å². The van der Waals surface area contributed by atoms with E-state index in [-0.39, 0.29) is 24.7 Å². The van der Waals surface area contributed by atoms with Gasteiger partial charge in [-0.3, -0.25) is 0 Å². The highest BCUT2D eigenvalue weighted by atomic mass is 16.7. The highest BCUT2D eigenvalue weighted by Gasteiger charge is 2.27. The molecule has 1 rings (SSSR count). The van der Waals surface area contributed by atoms with Gasteiger partial charge >= 0.3 is 11.8 Å². The first-order valence-electron chi connectivity index (χ1n) is 6.79. The quantitative estimate of drug-likeness (QED) is 0.299. The van der Waals surface area contributed by atoms with Crippen molar-refractivity contribution < 1.29 is 23.9 Å². The van der Waals surface area contributed by atoms with Crippen molar-refractivity contribution in [2.75, 3.05) is 19.8 Å². The number of nitro groups is 1. The van der Waals surface area contributed by atoms with Crippen LogP contribution in [0.25, 0.3) is 0 Å². The van der Waals surface area contributed by atoms with Gasteiger partial charge in [0.1, 0.15) is 6.54 Å². The first-order chi connectivity index (χ1) is 10.0. The Morgan fingerprint density at radius 3 is 2.33 bits per heavy atom. The molecular formula is C13H20N2O6. The molecule has 0 aliphatic carbocycles. The average Bonchev–Trinajstić information content (AvgIpc) is 2.83. The van der Waals surface area contributed by atoms with Gasteiger partial charge in [0.25, 0.3) is 0 Å². The molecule has 8 nitrogen and oxygen atoms in total. The first kappa shape index (κ1) is 17.1. The number of hydrogen-bond acceptors (Lipinski definition) is 6. The molecule has 1 aromatic rings. The number of nitrogens with zero attached hydrogens (tertiary/aromatic N) is 2. The van der Waals surface area contributed by atoms with Gasteiger partial charge in [0.15, 0.2) is 6.29 Å². The summed E-state index contributed by atoms with van der Waals surface area (Å²) in [5.74, 6) is -0.820. The molecule has 1 aromatic heterocycles. The lowest BCUT2D eigenvalue weighted by molar-refractivity contribution is -0.392. The highest BCUT2D eigenvalue weighted by molar-refractivity contribution is 5.88. The lowest BCUT2D eigenvalue weighted by atomic mass is 10.4. The molecule has 21 heavy (non-hydrogen) atoms. The van der Waals surface area contributed by atoms with E-state index in [0.29, 0.717) is 13.2 Å². The standard InChI is InChI=1S/C13H20N2O6/c1-4-19-12(20-5-2)9-14-10(13(16)21-6-3)7-8-11(14)15(17)18/h7-8,12H,4-6,9H2,1-3H3. The molecule has 0 unspecified atom stereocenters. The van der Waals surface area contributed by atoms with Gasteiger partial charge in [-0.15, -0.1) is 0 Å². The topological polar surface area (TPSA) is 92.8 Å². The van der Waals surface area contributed by atoms with Crippen LogP contribution in [-0.4, -0.2) is 41.6 Å². The van der Waals surface area contributed by atoms with Crippen LogP contribution in [0.3, 0.4) is 0 Å². The summed E-state index contributed by atoms with van der Waals surface area (Å²) >= 11 is 0. The Kier molecular flexibility index (Phi) is 6.83. The smallest absolute Gasteiger partial charge is 0.378 e. The summed E-state index contributed by atoms with van der Waals surface area (Å²) in [4.78, 5) is 22.4. The van der Waals surface area contributed by atoms with E-state index in [1.165, 1.54) is 16.7 Å². The van der Waals surface area contributed by atoms with Gasteiger partial charge in [-0.2, -0.15) is 0 Å². The van der Waals surface area contributed by atoms with Crippen molar-refractivity contribution in [1.29, 1.82) is 0 Å². The monoisotopic (exact) mass is 300 g/mol. The molecule has 0 atom stereocenters. The summed E-state index contributed by atoms with van der Waals surface area (Å²) in [6.45, 7) is 6.29. The van der Waals surface area contributed by atoms with Crippen molar-refractivity contribution in [2.24, 2.45) is 0 Å². The maximum atomic E-state index is 11.9. The second kappa shape index (κ2) is 8.38. The summed E-state index contributed by atoms with van der Waals surface area (Å²) < 4.78 is 16.9.